The minimum atomic E-state index is -0.220. The van der Waals surface area contributed by atoms with Gasteiger partial charge >= 0.3 is 0 Å². The number of rotatable bonds is 4. The van der Waals surface area contributed by atoms with E-state index in [0.717, 1.165) is 17.1 Å². The Kier molecular flexibility index (Phi) is 3.77. The lowest BCUT2D eigenvalue weighted by Gasteiger charge is -2.19. The van der Waals surface area contributed by atoms with E-state index < -0.39 is 0 Å². The maximum Gasteiger partial charge on any atom is 0.123 e. The Hall–Kier alpha value is -2.10. The van der Waals surface area contributed by atoms with Gasteiger partial charge in [-0.05, 0) is 36.4 Å². The van der Waals surface area contributed by atoms with Gasteiger partial charge in [0.15, 0.2) is 0 Å². The molecular formula is C14H16FN3. The Balaban J connectivity index is 2.10. The van der Waals surface area contributed by atoms with Crippen LogP contribution in [-0.4, -0.2) is 19.1 Å². The van der Waals surface area contributed by atoms with Crippen LogP contribution < -0.4 is 10.2 Å². The summed E-state index contributed by atoms with van der Waals surface area (Å²) < 4.78 is 12.8. The molecule has 1 heterocycles. The summed E-state index contributed by atoms with van der Waals surface area (Å²) in [4.78, 5) is 6.34. The van der Waals surface area contributed by atoms with E-state index in [0.29, 0.717) is 6.54 Å². The van der Waals surface area contributed by atoms with Gasteiger partial charge in [0, 0.05) is 31.7 Å². The summed E-state index contributed by atoms with van der Waals surface area (Å²) in [5.74, 6) is -0.220. The number of pyridine rings is 1. The van der Waals surface area contributed by atoms with Gasteiger partial charge in [-0.15, -0.1) is 0 Å². The minimum Gasteiger partial charge on any atom is -0.388 e. The molecule has 0 saturated heterocycles. The predicted molar refractivity (Wildman–Crippen MR) is 72.3 cm³/mol. The lowest BCUT2D eigenvalue weighted by Crippen LogP contribution is -2.17. The molecule has 4 heteroatoms. The third kappa shape index (κ3) is 2.97. The van der Waals surface area contributed by atoms with Crippen LogP contribution in [0, 0.1) is 5.82 Å². The monoisotopic (exact) mass is 245 g/mol. The average molecular weight is 245 g/mol. The molecule has 1 N–H and O–H groups in total. The van der Waals surface area contributed by atoms with Gasteiger partial charge in [-0.3, -0.25) is 4.98 Å². The van der Waals surface area contributed by atoms with E-state index in [1.54, 1.807) is 18.3 Å². The normalized spacial score (nSPS) is 10.2. The Morgan fingerprint density at radius 1 is 1.22 bits per heavy atom. The summed E-state index contributed by atoms with van der Waals surface area (Å²) in [6.07, 6.45) is 1.78. The first kappa shape index (κ1) is 12.4. The maximum atomic E-state index is 12.8. The Labute approximate surface area is 106 Å². The first-order valence-corrected chi connectivity index (χ1v) is 5.78. The molecule has 0 unspecified atom stereocenters. The van der Waals surface area contributed by atoms with Crippen molar-refractivity contribution in [3.8, 4) is 0 Å². The molecule has 0 fully saturated rings. The first-order chi connectivity index (χ1) is 8.69. The molecule has 0 aliphatic rings. The molecule has 1 aromatic heterocycles. The highest BCUT2D eigenvalue weighted by Crippen LogP contribution is 2.16. The minimum absolute atomic E-state index is 0.220. The van der Waals surface area contributed by atoms with E-state index >= 15 is 0 Å². The Bertz CT molecular complexity index is 511. The molecule has 2 rings (SSSR count). The van der Waals surface area contributed by atoms with Crippen LogP contribution in [0.15, 0.2) is 42.6 Å². The molecule has 0 spiro atoms. The molecular weight excluding hydrogens is 229 g/mol. The van der Waals surface area contributed by atoms with Crippen LogP contribution in [0.2, 0.25) is 0 Å². The first-order valence-electron chi connectivity index (χ1n) is 5.78. The van der Waals surface area contributed by atoms with Crippen LogP contribution in [0.5, 0.6) is 0 Å². The van der Waals surface area contributed by atoms with Gasteiger partial charge in [0.05, 0.1) is 12.2 Å². The van der Waals surface area contributed by atoms with Crippen molar-refractivity contribution in [3.63, 3.8) is 0 Å². The molecule has 0 amide bonds. The predicted octanol–water partition coefficient (Wildman–Crippen LogP) is 2.90. The van der Waals surface area contributed by atoms with Gasteiger partial charge < -0.3 is 10.2 Å². The fraction of sp³-hybridized carbons (Fsp3) is 0.214. The molecule has 2 aromatic rings. The quantitative estimate of drug-likeness (QED) is 0.897. The fourth-order valence-corrected chi connectivity index (χ4v) is 1.75. The van der Waals surface area contributed by atoms with Crippen molar-refractivity contribution in [2.45, 2.75) is 6.54 Å². The lowest BCUT2D eigenvalue weighted by atomic mass is 10.2. The summed E-state index contributed by atoms with van der Waals surface area (Å²) in [5.41, 5.74) is 2.97. The average Bonchev–Trinajstić information content (AvgIpc) is 2.39. The summed E-state index contributed by atoms with van der Waals surface area (Å²) in [5, 5.41) is 3.08. The number of hydrogen-bond donors (Lipinski definition) is 1. The largest absolute Gasteiger partial charge is 0.388 e. The third-order valence-electron chi connectivity index (χ3n) is 2.77. The number of hydrogen-bond acceptors (Lipinski definition) is 3. The van der Waals surface area contributed by atoms with Crippen molar-refractivity contribution in [1.29, 1.82) is 0 Å². The Morgan fingerprint density at radius 3 is 2.61 bits per heavy atom. The number of nitrogens with zero attached hydrogens (tertiary/aromatic N) is 2. The molecule has 0 aliphatic carbocycles. The SMILES string of the molecule is CNc1ccnc(CN(C)c2ccc(F)cc2)c1. The van der Waals surface area contributed by atoms with Crippen LogP contribution >= 0.6 is 0 Å². The summed E-state index contributed by atoms with van der Waals surface area (Å²) in [6, 6.07) is 10.4. The van der Waals surface area contributed by atoms with E-state index in [-0.39, 0.29) is 5.82 Å². The molecule has 94 valence electrons. The van der Waals surface area contributed by atoms with Crippen molar-refractivity contribution in [3.05, 3.63) is 54.1 Å². The van der Waals surface area contributed by atoms with Crippen LogP contribution in [0.25, 0.3) is 0 Å². The van der Waals surface area contributed by atoms with E-state index in [1.807, 2.05) is 31.1 Å². The number of nitrogens with one attached hydrogen (secondary N) is 1. The third-order valence-corrected chi connectivity index (χ3v) is 2.77. The van der Waals surface area contributed by atoms with Gasteiger partial charge in [-0.25, -0.2) is 4.39 Å². The van der Waals surface area contributed by atoms with Gasteiger partial charge in [0.1, 0.15) is 5.82 Å². The van der Waals surface area contributed by atoms with Gasteiger partial charge in [-0.1, -0.05) is 0 Å². The second kappa shape index (κ2) is 5.49. The molecule has 0 saturated carbocycles. The molecule has 18 heavy (non-hydrogen) atoms. The van der Waals surface area contributed by atoms with Crippen molar-refractivity contribution >= 4 is 11.4 Å². The molecule has 0 aliphatic heterocycles. The van der Waals surface area contributed by atoms with Crippen LogP contribution in [0.4, 0.5) is 15.8 Å². The van der Waals surface area contributed by atoms with Crippen LogP contribution in [-0.2, 0) is 6.54 Å². The smallest absolute Gasteiger partial charge is 0.123 e. The van der Waals surface area contributed by atoms with Gasteiger partial charge in [0.25, 0.3) is 0 Å². The molecule has 0 atom stereocenters. The van der Waals surface area contributed by atoms with Gasteiger partial charge in [-0.2, -0.15) is 0 Å². The molecule has 3 nitrogen and oxygen atoms in total. The number of halogens is 1. The van der Waals surface area contributed by atoms with Crippen molar-refractivity contribution in [2.24, 2.45) is 0 Å². The van der Waals surface area contributed by atoms with E-state index in [2.05, 4.69) is 10.3 Å². The second-order valence-corrected chi connectivity index (χ2v) is 4.12. The van der Waals surface area contributed by atoms with Crippen molar-refractivity contribution < 1.29 is 4.39 Å². The van der Waals surface area contributed by atoms with Gasteiger partial charge in [0.2, 0.25) is 0 Å². The van der Waals surface area contributed by atoms with Crippen LogP contribution in [0.1, 0.15) is 5.69 Å². The Morgan fingerprint density at radius 2 is 1.94 bits per heavy atom. The second-order valence-electron chi connectivity index (χ2n) is 4.12. The van der Waals surface area contributed by atoms with E-state index in [4.69, 9.17) is 0 Å². The topological polar surface area (TPSA) is 28.2 Å². The zero-order valence-electron chi connectivity index (χ0n) is 10.5. The molecule has 0 radical (unpaired) electrons. The van der Waals surface area contributed by atoms with Crippen LogP contribution in [0.3, 0.4) is 0 Å². The summed E-state index contributed by atoms with van der Waals surface area (Å²) >= 11 is 0. The zero-order valence-corrected chi connectivity index (χ0v) is 10.5. The highest BCUT2D eigenvalue weighted by Gasteiger charge is 2.04. The number of aromatic nitrogens is 1. The summed E-state index contributed by atoms with van der Waals surface area (Å²) in [6.45, 7) is 0.682. The van der Waals surface area contributed by atoms with Crippen molar-refractivity contribution in [2.75, 3.05) is 24.3 Å². The maximum absolute atomic E-state index is 12.8. The highest BCUT2D eigenvalue weighted by molar-refractivity contribution is 5.47. The number of anilines is 2. The van der Waals surface area contributed by atoms with Crippen molar-refractivity contribution in [1.82, 2.24) is 4.98 Å². The summed E-state index contributed by atoms with van der Waals surface area (Å²) in [7, 11) is 3.84. The standard InChI is InChI=1S/C14H16FN3/c1-16-12-7-8-17-13(9-12)10-18(2)14-5-3-11(15)4-6-14/h3-9H,10H2,1-2H3,(H,16,17). The zero-order chi connectivity index (χ0) is 13.0. The van der Waals surface area contributed by atoms with E-state index in [9.17, 15) is 4.39 Å². The highest BCUT2D eigenvalue weighted by atomic mass is 19.1. The van der Waals surface area contributed by atoms with E-state index in [1.165, 1.54) is 12.1 Å². The number of benzene rings is 1. The fourth-order valence-electron chi connectivity index (χ4n) is 1.75. The molecule has 0 bridgehead atoms. The lowest BCUT2D eigenvalue weighted by molar-refractivity contribution is 0.627. The molecule has 1 aromatic carbocycles.